The van der Waals surface area contributed by atoms with Crippen LogP contribution in [0.25, 0.3) is 10.2 Å². The average Bonchev–Trinajstić information content (AvgIpc) is 2.97. The van der Waals surface area contributed by atoms with Gasteiger partial charge >= 0.3 is 0 Å². The van der Waals surface area contributed by atoms with Gasteiger partial charge in [-0.25, -0.2) is 4.98 Å². The van der Waals surface area contributed by atoms with Crippen LogP contribution in [-0.2, 0) is 25.8 Å². The van der Waals surface area contributed by atoms with Crippen molar-refractivity contribution < 1.29 is 0 Å². The molecule has 3 aromatic rings. The third kappa shape index (κ3) is 2.58. The Morgan fingerprint density at radius 1 is 1.25 bits per heavy atom. The van der Waals surface area contributed by atoms with Crippen molar-refractivity contribution in [3.63, 3.8) is 0 Å². The molecule has 0 unspecified atom stereocenters. The number of halogens is 1. The molecule has 0 atom stereocenters. The second-order valence-electron chi connectivity index (χ2n) is 6.26. The molecule has 0 aliphatic heterocycles. The molecule has 5 heteroatoms. The van der Waals surface area contributed by atoms with E-state index in [1.807, 2.05) is 35.8 Å². The monoisotopic (exact) mass is 358 g/mol. The summed E-state index contributed by atoms with van der Waals surface area (Å²) in [5, 5.41) is 1.54. The quantitative estimate of drug-likeness (QED) is 0.685. The van der Waals surface area contributed by atoms with Gasteiger partial charge in [-0.15, -0.1) is 11.3 Å². The maximum absolute atomic E-state index is 13.2. The lowest BCUT2D eigenvalue weighted by Crippen LogP contribution is -2.26. The van der Waals surface area contributed by atoms with Gasteiger partial charge in [-0.1, -0.05) is 36.7 Å². The fourth-order valence-corrected chi connectivity index (χ4v) is 4.98. The van der Waals surface area contributed by atoms with Gasteiger partial charge in [0.1, 0.15) is 10.7 Å². The standard InChI is InChI=1S/C19H19ClN2OS/c1-2-16-21-18-17(13-8-4-6-10-15(13)24-18)19(23)22(16)11-12-7-3-5-9-14(12)20/h3,5,7,9H,2,4,6,8,10-11H2,1H3. The molecule has 2 heterocycles. The van der Waals surface area contributed by atoms with Gasteiger partial charge in [-0.2, -0.15) is 0 Å². The van der Waals surface area contributed by atoms with E-state index in [0.717, 1.165) is 47.3 Å². The summed E-state index contributed by atoms with van der Waals surface area (Å²) in [5.74, 6) is 0.839. The van der Waals surface area contributed by atoms with Crippen molar-refractivity contribution in [3.8, 4) is 0 Å². The van der Waals surface area contributed by atoms with Gasteiger partial charge in [0.05, 0.1) is 11.9 Å². The van der Waals surface area contributed by atoms with Gasteiger partial charge in [0.25, 0.3) is 5.56 Å². The van der Waals surface area contributed by atoms with E-state index in [1.54, 1.807) is 11.3 Å². The minimum atomic E-state index is 0.0937. The van der Waals surface area contributed by atoms with Crippen molar-refractivity contribution in [1.29, 1.82) is 0 Å². The van der Waals surface area contributed by atoms with E-state index in [2.05, 4.69) is 0 Å². The van der Waals surface area contributed by atoms with Gasteiger partial charge in [-0.3, -0.25) is 9.36 Å². The lowest BCUT2D eigenvalue weighted by atomic mass is 9.97. The highest BCUT2D eigenvalue weighted by Gasteiger charge is 2.21. The van der Waals surface area contributed by atoms with E-state index >= 15 is 0 Å². The van der Waals surface area contributed by atoms with Crippen molar-refractivity contribution in [2.45, 2.75) is 45.6 Å². The summed E-state index contributed by atoms with van der Waals surface area (Å²) in [4.78, 5) is 20.3. The molecule has 0 N–H and O–H groups in total. The van der Waals surface area contributed by atoms with Crippen molar-refractivity contribution in [1.82, 2.24) is 9.55 Å². The van der Waals surface area contributed by atoms with Gasteiger partial charge in [0.15, 0.2) is 0 Å². The van der Waals surface area contributed by atoms with Gasteiger partial charge in [0.2, 0.25) is 0 Å². The first-order valence-corrected chi connectivity index (χ1v) is 9.66. The molecular formula is C19H19ClN2OS. The van der Waals surface area contributed by atoms with Crippen LogP contribution in [0.2, 0.25) is 5.02 Å². The number of aromatic nitrogens is 2. The summed E-state index contributed by atoms with van der Waals surface area (Å²) < 4.78 is 1.81. The van der Waals surface area contributed by atoms with Crippen molar-refractivity contribution in [3.05, 3.63) is 61.5 Å². The molecule has 0 amide bonds. The van der Waals surface area contributed by atoms with E-state index in [9.17, 15) is 4.79 Å². The van der Waals surface area contributed by atoms with E-state index in [-0.39, 0.29) is 5.56 Å². The Morgan fingerprint density at radius 3 is 2.83 bits per heavy atom. The third-order valence-electron chi connectivity index (χ3n) is 4.76. The predicted octanol–water partition coefficient (Wildman–Crippen LogP) is 4.60. The lowest BCUT2D eigenvalue weighted by molar-refractivity contribution is 0.680. The van der Waals surface area contributed by atoms with Crippen LogP contribution in [0.5, 0.6) is 0 Å². The minimum absolute atomic E-state index is 0.0937. The molecule has 124 valence electrons. The summed E-state index contributed by atoms with van der Waals surface area (Å²) in [6.07, 6.45) is 5.20. The maximum atomic E-state index is 13.2. The Balaban J connectivity index is 1.92. The topological polar surface area (TPSA) is 34.9 Å². The molecule has 1 aliphatic carbocycles. The molecular weight excluding hydrogens is 340 g/mol. The second-order valence-corrected chi connectivity index (χ2v) is 7.75. The number of aryl methyl sites for hydroxylation is 3. The molecule has 0 radical (unpaired) electrons. The molecule has 24 heavy (non-hydrogen) atoms. The molecule has 1 aliphatic rings. The highest BCUT2D eigenvalue weighted by atomic mass is 35.5. The first-order chi connectivity index (χ1) is 11.7. The summed E-state index contributed by atoms with van der Waals surface area (Å²) in [5.41, 5.74) is 2.30. The SMILES string of the molecule is CCc1nc2sc3c(c2c(=O)n1Cc1ccccc1Cl)CCCC3. The van der Waals surface area contributed by atoms with Crippen LogP contribution in [0.3, 0.4) is 0 Å². The average molecular weight is 359 g/mol. The van der Waals surface area contributed by atoms with Crippen molar-refractivity contribution in [2.75, 3.05) is 0 Å². The molecule has 0 bridgehead atoms. The van der Waals surface area contributed by atoms with Crippen LogP contribution in [0.15, 0.2) is 29.1 Å². The number of rotatable bonds is 3. The smallest absolute Gasteiger partial charge is 0.262 e. The van der Waals surface area contributed by atoms with E-state index in [1.165, 1.54) is 16.9 Å². The lowest BCUT2D eigenvalue weighted by Gasteiger charge is -2.13. The van der Waals surface area contributed by atoms with Crippen LogP contribution in [0.1, 0.15) is 41.6 Å². The summed E-state index contributed by atoms with van der Waals surface area (Å²) in [6, 6.07) is 7.70. The molecule has 0 spiro atoms. The molecule has 3 nitrogen and oxygen atoms in total. The highest BCUT2D eigenvalue weighted by Crippen LogP contribution is 2.34. The number of benzene rings is 1. The zero-order chi connectivity index (χ0) is 16.7. The van der Waals surface area contributed by atoms with Crippen LogP contribution in [0.4, 0.5) is 0 Å². The fraction of sp³-hybridized carbons (Fsp3) is 0.368. The Morgan fingerprint density at radius 2 is 2.04 bits per heavy atom. The number of nitrogens with zero attached hydrogens (tertiary/aromatic N) is 2. The van der Waals surface area contributed by atoms with Gasteiger partial charge in [0, 0.05) is 16.3 Å². The fourth-order valence-electron chi connectivity index (χ4n) is 3.51. The van der Waals surface area contributed by atoms with Crippen LogP contribution in [-0.4, -0.2) is 9.55 Å². The first kappa shape index (κ1) is 15.9. The van der Waals surface area contributed by atoms with Crippen molar-refractivity contribution >= 4 is 33.2 Å². The van der Waals surface area contributed by atoms with Gasteiger partial charge < -0.3 is 0 Å². The number of fused-ring (bicyclic) bond motifs is 3. The van der Waals surface area contributed by atoms with Crippen LogP contribution >= 0.6 is 22.9 Å². The second kappa shape index (κ2) is 6.34. The van der Waals surface area contributed by atoms with Crippen LogP contribution in [0, 0.1) is 0 Å². The largest absolute Gasteiger partial charge is 0.292 e. The highest BCUT2D eigenvalue weighted by molar-refractivity contribution is 7.18. The number of hydrogen-bond donors (Lipinski definition) is 0. The minimum Gasteiger partial charge on any atom is -0.292 e. The van der Waals surface area contributed by atoms with E-state index in [4.69, 9.17) is 16.6 Å². The Kier molecular flexibility index (Phi) is 4.19. The normalized spacial score (nSPS) is 14.1. The third-order valence-corrected chi connectivity index (χ3v) is 6.31. The molecule has 0 fully saturated rings. The Labute approximate surface area is 149 Å². The van der Waals surface area contributed by atoms with E-state index < -0.39 is 0 Å². The zero-order valence-electron chi connectivity index (χ0n) is 13.6. The Bertz CT molecular complexity index is 973. The number of hydrogen-bond acceptors (Lipinski definition) is 3. The Hall–Kier alpha value is -1.65. The number of thiophene rings is 1. The molecule has 0 saturated heterocycles. The molecule has 0 saturated carbocycles. The first-order valence-electron chi connectivity index (χ1n) is 8.46. The zero-order valence-corrected chi connectivity index (χ0v) is 15.2. The van der Waals surface area contributed by atoms with Crippen LogP contribution < -0.4 is 5.56 Å². The van der Waals surface area contributed by atoms with Gasteiger partial charge in [-0.05, 0) is 42.9 Å². The summed E-state index contributed by atoms with van der Waals surface area (Å²) in [7, 11) is 0. The van der Waals surface area contributed by atoms with Crippen molar-refractivity contribution in [2.24, 2.45) is 0 Å². The summed E-state index contributed by atoms with van der Waals surface area (Å²) >= 11 is 8.01. The molecule has 2 aromatic heterocycles. The summed E-state index contributed by atoms with van der Waals surface area (Å²) in [6.45, 7) is 2.53. The predicted molar refractivity (Wildman–Crippen MR) is 100 cm³/mol. The molecule has 1 aromatic carbocycles. The van der Waals surface area contributed by atoms with E-state index in [0.29, 0.717) is 11.6 Å². The maximum Gasteiger partial charge on any atom is 0.262 e. The molecule has 4 rings (SSSR count).